The predicted octanol–water partition coefficient (Wildman–Crippen LogP) is 6.25. The number of hydrogen-bond donors (Lipinski definition) is 1. The van der Waals surface area contributed by atoms with Gasteiger partial charge in [0.1, 0.15) is 12.6 Å². The standard InChI is InChI=1S/C30H35BrClN3O4S/c1-6-22(4)33-30(37)23(5)34(18-24-8-7-9-25(31)16-24)29(36)19-35(28-17-26(32)13-12-21(28)3)40(38,39)27-14-10-20(2)11-15-27/h7-17,22-23H,6,18-19H2,1-5H3,(H,33,37). The van der Waals surface area contributed by atoms with Gasteiger partial charge in [-0.25, -0.2) is 8.42 Å². The predicted molar refractivity (Wildman–Crippen MR) is 164 cm³/mol. The Morgan fingerprint density at radius 3 is 2.30 bits per heavy atom. The lowest BCUT2D eigenvalue weighted by atomic mass is 10.1. The molecule has 0 radical (unpaired) electrons. The van der Waals surface area contributed by atoms with Crippen LogP contribution in [-0.4, -0.2) is 43.8 Å². The highest BCUT2D eigenvalue weighted by atomic mass is 79.9. The van der Waals surface area contributed by atoms with E-state index in [9.17, 15) is 18.0 Å². The molecule has 7 nitrogen and oxygen atoms in total. The van der Waals surface area contributed by atoms with Gasteiger partial charge in [-0.15, -0.1) is 0 Å². The number of aryl methyl sites for hydroxylation is 2. The zero-order valence-electron chi connectivity index (χ0n) is 23.3. The first-order valence-electron chi connectivity index (χ1n) is 13.0. The van der Waals surface area contributed by atoms with Crippen LogP contribution in [0.5, 0.6) is 0 Å². The van der Waals surface area contributed by atoms with Crippen LogP contribution in [-0.2, 0) is 26.2 Å². The molecule has 214 valence electrons. The van der Waals surface area contributed by atoms with Crippen LogP contribution in [0.25, 0.3) is 0 Å². The van der Waals surface area contributed by atoms with Crippen molar-refractivity contribution in [1.29, 1.82) is 0 Å². The molecule has 3 aromatic carbocycles. The number of hydrogen-bond acceptors (Lipinski definition) is 4. The molecule has 0 bridgehead atoms. The third-order valence-electron chi connectivity index (χ3n) is 6.74. The molecule has 0 aromatic heterocycles. The molecule has 0 fully saturated rings. The van der Waals surface area contributed by atoms with E-state index in [0.717, 1.165) is 26.3 Å². The molecule has 2 atom stereocenters. The maximum Gasteiger partial charge on any atom is 0.264 e. The lowest BCUT2D eigenvalue weighted by Crippen LogP contribution is -2.52. The minimum Gasteiger partial charge on any atom is -0.352 e. The molecule has 0 aliphatic heterocycles. The minimum atomic E-state index is -4.17. The van der Waals surface area contributed by atoms with E-state index in [2.05, 4.69) is 21.2 Å². The van der Waals surface area contributed by atoms with Crippen molar-refractivity contribution >= 4 is 55.1 Å². The number of sulfonamides is 1. The second kappa shape index (κ2) is 13.7. The van der Waals surface area contributed by atoms with Crippen molar-refractivity contribution in [1.82, 2.24) is 10.2 Å². The SMILES string of the molecule is CCC(C)NC(=O)C(C)N(Cc1cccc(Br)c1)C(=O)CN(c1cc(Cl)ccc1C)S(=O)(=O)c1ccc(C)cc1. The van der Waals surface area contributed by atoms with Crippen LogP contribution in [0.4, 0.5) is 5.69 Å². The maximum absolute atomic E-state index is 14.0. The molecule has 10 heteroatoms. The van der Waals surface area contributed by atoms with Gasteiger partial charge in [-0.05, 0) is 81.6 Å². The smallest absolute Gasteiger partial charge is 0.264 e. The van der Waals surface area contributed by atoms with Crippen LogP contribution in [0.1, 0.15) is 43.9 Å². The molecular formula is C30H35BrClN3O4S. The summed E-state index contributed by atoms with van der Waals surface area (Å²) in [6.45, 7) is 8.72. The number of carbonyl (C=O) groups is 2. The van der Waals surface area contributed by atoms with Gasteiger partial charge in [0, 0.05) is 22.1 Å². The fourth-order valence-electron chi connectivity index (χ4n) is 4.08. The van der Waals surface area contributed by atoms with Gasteiger partial charge in [0.2, 0.25) is 11.8 Å². The number of nitrogens with one attached hydrogen (secondary N) is 1. The molecule has 0 aliphatic rings. The molecule has 1 N–H and O–H groups in total. The number of carbonyl (C=O) groups excluding carboxylic acids is 2. The van der Waals surface area contributed by atoms with Crippen LogP contribution < -0.4 is 9.62 Å². The van der Waals surface area contributed by atoms with Gasteiger partial charge in [0.15, 0.2) is 0 Å². The summed E-state index contributed by atoms with van der Waals surface area (Å²) in [5.41, 5.74) is 2.62. The highest BCUT2D eigenvalue weighted by Crippen LogP contribution is 2.30. The normalized spacial score (nSPS) is 12.9. The van der Waals surface area contributed by atoms with E-state index >= 15 is 0 Å². The lowest BCUT2D eigenvalue weighted by molar-refractivity contribution is -0.139. The third kappa shape index (κ3) is 7.86. The summed E-state index contributed by atoms with van der Waals surface area (Å²) in [6, 6.07) is 17.9. The second-order valence-electron chi connectivity index (χ2n) is 9.90. The Hall–Kier alpha value is -2.88. The van der Waals surface area contributed by atoms with Crippen molar-refractivity contribution in [2.75, 3.05) is 10.8 Å². The van der Waals surface area contributed by atoms with Gasteiger partial charge < -0.3 is 10.2 Å². The number of halogens is 2. The Morgan fingerprint density at radius 1 is 1.00 bits per heavy atom. The van der Waals surface area contributed by atoms with Crippen LogP contribution in [0.15, 0.2) is 76.1 Å². The number of benzene rings is 3. The van der Waals surface area contributed by atoms with Crippen molar-refractivity contribution in [2.45, 2.75) is 64.6 Å². The quantitative estimate of drug-likeness (QED) is 0.267. The summed E-state index contributed by atoms with van der Waals surface area (Å²) in [7, 11) is -4.17. The topological polar surface area (TPSA) is 86.8 Å². The van der Waals surface area contributed by atoms with Crippen LogP contribution in [0.3, 0.4) is 0 Å². The fourth-order valence-corrected chi connectivity index (χ4v) is 6.17. The summed E-state index contributed by atoms with van der Waals surface area (Å²) in [5.74, 6) is -0.841. The van der Waals surface area contributed by atoms with E-state index in [1.807, 2.05) is 45.0 Å². The monoisotopic (exact) mass is 647 g/mol. The third-order valence-corrected chi connectivity index (χ3v) is 9.24. The van der Waals surface area contributed by atoms with E-state index in [1.165, 1.54) is 23.1 Å². The Labute approximate surface area is 250 Å². The maximum atomic E-state index is 14.0. The van der Waals surface area contributed by atoms with Crippen molar-refractivity contribution in [3.05, 3.63) is 92.9 Å². The molecule has 2 unspecified atom stereocenters. The van der Waals surface area contributed by atoms with Gasteiger partial charge in [0.25, 0.3) is 10.0 Å². The van der Waals surface area contributed by atoms with E-state index in [0.29, 0.717) is 16.3 Å². The second-order valence-corrected chi connectivity index (χ2v) is 13.1. The highest BCUT2D eigenvalue weighted by Gasteiger charge is 2.33. The van der Waals surface area contributed by atoms with E-state index in [4.69, 9.17) is 11.6 Å². The summed E-state index contributed by atoms with van der Waals surface area (Å²) < 4.78 is 29.9. The molecule has 0 saturated carbocycles. The molecule has 0 aliphatic carbocycles. The molecule has 0 saturated heterocycles. The average Bonchev–Trinajstić information content (AvgIpc) is 2.91. The Balaban J connectivity index is 2.07. The van der Waals surface area contributed by atoms with E-state index in [-0.39, 0.29) is 23.4 Å². The van der Waals surface area contributed by atoms with E-state index < -0.39 is 28.5 Å². The summed E-state index contributed by atoms with van der Waals surface area (Å²) in [5, 5.41) is 3.27. The molecular weight excluding hydrogens is 614 g/mol. The first-order chi connectivity index (χ1) is 18.8. The molecule has 40 heavy (non-hydrogen) atoms. The van der Waals surface area contributed by atoms with Gasteiger partial charge >= 0.3 is 0 Å². The summed E-state index contributed by atoms with van der Waals surface area (Å²) >= 11 is 9.74. The zero-order valence-corrected chi connectivity index (χ0v) is 26.5. The fraction of sp³-hybridized carbons (Fsp3) is 0.333. The Morgan fingerprint density at radius 2 is 1.68 bits per heavy atom. The first kappa shape index (κ1) is 31.6. The zero-order chi connectivity index (χ0) is 29.6. The molecule has 0 heterocycles. The Bertz CT molecular complexity index is 1460. The van der Waals surface area contributed by atoms with Gasteiger partial charge in [-0.3, -0.25) is 13.9 Å². The molecule has 2 amide bonds. The lowest BCUT2D eigenvalue weighted by Gasteiger charge is -2.33. The van der Waals surface area contributed by atoms with Crippen LogP contribution >= 0.6 is 27.5 Å². The molecule has 3 rings (SSSR count). The number of anilines is 1. The van der Waals surface area contributed by atoms with Gasteiger partial charge in [-0.1, -0.05) is 70.3 Å². The van der Waals surface area contributed by atoms with Crippen LogP contribution in [0, 0.1) is 13.8 Å². The number of nitrogens with zero attached hydrogens (tertiary/aromatic N) is 2. The first-order valence-corrected chi connectivity index (χ1v) is 15.6. The van der Waals surface area contributed by atoms with Crippen molar-refractivity contribution in [3.8, 4) is 0 Å². The van der Waals surface area contributed by atoms with Gasteiger partial charge in [0.05, 0.1) is 10.6 Å². The number of amides is 2. The van der Waals surface area contributed by atoms with Crippen molar-refractivity contribution in [2.24, 2.45) is 0 Å². The number of rotatable bonds is 11. The molecule has 0 spiro atoms. The minimum absolute atomic E-state index is 0.0476. The highest BCUT2D eigenvalue weighted by molar-refractivity contribution is 9.10. The average molecular weight is 649 g/mol. The Kier molecular flexibility index (Phi) is 10.8. The van der Waals surface area contributed by atoms with Crippen LogP contribution in [0.2, 0.25) is 5.02 Å². The van der Waals surface area contributed by atoms with Crippen molar-refractivity contribution in [3.63, 3.8) is 0 Å². The molecule has 3 aromatic rings. The van der Waals surface area contributed by atoms with Crippen molar-refractivity contribution < 1.29 is 18.0 Å². The van der Waals surface area contributed by atoms with E-state index in [1.54, 1.807) is 38.1 Å². The summed E-state index contributed by atoms with van der Waals surface area (Å²) in [6.07, 6.45) is 0.731. The van der Waals surface area contributed by atoms with Gasteiger partial charge in [-0.2, -0.15) is 0 Å². The summed E-state index contributed by atoms with van der Waals surface area (Å²) in [4.78, 5) is 28.7. The largest absolute Gasteiger partial charge is 0.352 e.